The minimum Gasteiger partial charge on any atom is -0.394 e. The van der Waals surface area contributed by atoms with Gasteiger partial charge in [0, 0.05) is 13.6 Å². The van der Waals surface area contributed by atoms with Gasteiger partial charge in [-0.3, -0.25) is 14.9 Å². The number of nitrogens with zero attached hydrogens (tertiary/aromatic N) is 2. The van der Waals surface area contributed by atoms with Crippen LogP contribution < -0.4 is 5.32 Å². The zero-order valence-electron chi connectivity index (χ0n) is 11.5. The topological polar surface area (TPSA) is 95.7 Å². The largest absolute Gasteiger partial charge is 0.394 e. The molecule has 0 aliphatic carbocycles. The van der Waals surface area contributed by atoms with E-state index in [9.17, 15) is 24.4 Å². The molecule has 1 aromatic carbocycles. The summed E-state index contributed by atoms with van der Waals surface area (Å²) in [6.07, 6.45) is 1.38. The molecule has 7 nitrogen and oxygen atoms in total. The summed E-state index contributed by atoms with van der Waals surface area (Å²) in [6.45, 7) is 0.229. The molecular formula is C13H16FN3O4. The summed E-state index contributed by atoms with van der Waals surface area (Å²) in [5, 5.41) is 22.9. The first kappa shape index (κ1) is 15.2. The fraction of sp³-hybridized carbons (Fsp3) is 0.462. The number of carbonyl (C=O) groups excluding carboxylic acids is 1. The lowest BCUT2D eigenvalue weighted by atomic mass is 10.1. The van der Waals surface area contributed by atoms with E-state index < -0.39 is 22.3 Å². The molecule has 8 heteroatoms. The number of carbonyl (C=O) groups is 1. The highest BCUT2D eigenvalue weighted by Crippen LogP contribution is 2.29. The SMILES string of the molecule is CNc1cc(C(=O)N2CCCC2CO)c([N+](=O)[O-])cc1F. The van der Waals surface area contributed by atoms with E-state index in [1.54, 1.807) is 0 Å². The summed E-state index contributed by atoms with van der Waals surface area (Å²) < 4.78 is 13.6. The molecule has 1 heterocycles. The van der Waals surface area contributed by atoms with E-state index in [2.05, 4.69) is 5.32 Å². The maximum Gasteiger partial charge on any atom is 0.285 e. The number of likely N-dealkylation sites (tertiary alicyclic amines) is 1. The molecule has 0 saturated carbocycles. The fourth-order valence-electron chi connectivity index (χ4n) is 2.52. The number of aliphatic hydroxyl groups is 1. The lowest BCUT2D eigenvalue weighted by Crippen LogP contribution is -2.38. The van der Waals surface area contributed by atoms with Crippen molar-refractivity contribution in [1.82, 2.24) is 4.90 Å². The molecule has 1 aliphatic rings. The third kappa shape index (κ3) is 2.80. The van der Waals surface area contributed by atoms with Gasteiger partial charge in [0.2, 0.25) is 0 Å². The molecule has 1 amide bonds. The molecule has 1 aliphatic heterocycles. The number of hydrogen-bond acceptors (Lipinski definition) is 5. The predicted octanol–water partition coefficient (Wildman–Crippen LogP) is 1.37. The molecule has 1 saturated heterocycles. The molecule has 1 aromatic rings. The van der Waals surface area contributed by atoms with Crippen LogP contribution in [-0.4, -0.2) is 47.1 Å². The van der Waals surface area contributed by atoms with Gasteiger partial charge in [0.15, 0.2) is 5.82 Å². The van der Waals surface area contributed by atoms with Crippen LogP contribution in [0.5, 0.6) is 0 Å². The lowest BCUT2D eigenvalue weighted by molar-refractivity contribution is -0.385. The monoisotopic (exact) mass is 297 g/mol. The highest BCUT2D eigenvalue weighted by molar-refractivity contribution is 5.99. The highest BCUT2D eigenvalue weighted by atomic mass is 19.1. The number of aliphatic hydroxyl groups excluding tert-OH is 1. The van der Waals surface area contributed by atoms with E-state index in [0.717, 1.165) is 18.6 Å². The molecule has 21 heavy (non-hydrogen) atoms. The second-order valence-electron chi connectivity index (χ2n) is 4.83. The van der Waals surface area contributed by atoms with Crippen LogP contribution in [0.2, 0.25) is 0 Å². The second kappa shape index (κ2) is 6.04. The van der Waals surface area contributed by atoms with Crippen molar-refractivity contribution in [2.45, 2.75) is 18.9 Å². The van der Waals surface area contributed by atoms with Gasteiger partial charge in [-0.25, -0.2) is 4.39 Å². The molecule has 2 N–H and O–H groups in total. The Bertz CT molecular complexity index is 579. The Balaban J connectivity index is 2.46. The quantitative estimate of drug-likeness (QED) is 0.646. The van der Waals surface area contributed by atoms with Crippen molar-refractivity contribution >= 4 is 17.3 Å². The van der Waals surface area contributed by atoms with Gasteiger partial charge in [-0.2, -0.15) is 0 Å². The van der Waals surface area contributed by atoms with Gasteiger partial charge in [-0.15, -0.1) is 0 Å². The van der Waals surface area contributed by atoms with Crippen LogP contribution in [0, 0.1) is 15.9 Å². The molecule has 0 spiro atoms. The van der Waals surface area contributed by atoms with Crippen LogP contribution in [0.3, 0.4) is 0 Å². The number of nitro benzene ring substituents is 1. The summed E-state index contributed by atoms with van der Waals surface area (Å²) in [6, 6.07) is 1.53. The fourth-order valence-corrected chi connectivity index (χ4v) is 2.52. The van der Waals surface area contributed by atoms with Crippen LogP contribution >= 0.6 is 0 Å². The van der Waals surface area contributed by atoms with Crippen LogP contribution in [0.15, 0.2) is 12.1 Å². The van der Waals surface area contributed by atoms with Crippen LogP contribution in [0.4, 0.5) is 15.8 Å². The molecule has 0 aromatic heterocycles. The van der Waals surface area contributed by atoms with Gasteiger partial charge in [0.25, 0.3) is 11.6 Å². The lowest BCUT2D eigenvalue weighted by Gasteiger charge is -2.23. The van der Waals surface area contributed by atoms with Crippen LogP contribution in [-0.2, 0) is 0 Å². The van der Waals surface area contributed by atoms with E-state index in [1.165, 1.54) is 11.9 Å². The van der Waals surface area contributed by atoms with Crippen molar-refractivity contribution in [1.29, 1.82) is 0 Å². The third-order valence-electron chi connectivity index (χ3n) is 3.63. The zero-order chi connectivity index (χ0) is 15.6. The molecule has 1 unspecified atom stereocenters. The smallest absolute Gasteiger partial charge is 0.285 e. The van der Waals surface area contributed by atoms with Crippen molar-refractivity contribution in [3.05, 3.63) is 33.6 Å². The zero-order valence-corrected chi connectivity index (χ0v) is 11.5. The Labute approximate surface area is 120 Å². The van der Waals surface area contributed by atoms with E-state index in [1.807, 2.05) is 0 Å². The van der Waals surface area contributed by atoms with Crippen LogP contribution in [0.25, 0.3) is 0 Å². The standard InChI is InChI=1S/C13H16FN3O4/c1-15-11-5-9(12(17(20)21)6-10(11)14)13(19)16-4-2-3-8(16)7-18/h5-6,8,15,18H,2-4,7H2,1H3. The number of anilines is 1. The van der Waals surface area contributed by atoms with Gasteiger partial charge < -0.3 is 15.3 Å². The number of rotatable bonds is 4. The minimum atomic E-state index is -0.791. The molecule has 1 fully saturated rings. The van der Waals surface area contributed by atoms with Gasteiger partial charge in [0.1, 0.15) is 5.56 Å². The average Bonchev–Trinajstić information content (AvgIpc) is 2.94. The molecule has 2 rings (SSSR count). The van der Waals surface area contributed by atoms with Crippen molar-refractivity contribution in [2.75, 3.05) is 25.5 Å². The summed E-state index contributed by atoms with van der Waals surface area (Å²) in [4.78, 5) is 24.1. The van der Waals surface area contributed by atoms with E-state index in [4.69, 9.17) is 0 Å². The molecule has 0 bridgehead atoms. The van der Waals surface area contributed by atoms with Gasteiger partial charge in [-0.05, 0) is 18.9 Å². The normalized spacial score (nSPS) is 17.9. The van der Waals surface area contributed by atoms with Crippen molar-refractivity contribution in [3.63, 3.8) is 0 Å². The van der Waals surface area contributed by atoms with E-state index >= 15 is 0 Å². The summed E-state index contributed by atoms with van der Waals surface area (Å²) in [7, 11) is 1.46. The first-order chi connectivity index (χ1) is 9.99. The number of halogens is 1. The average molecular weight is 297 g/mol. The summed E-state index contributed by atoms with van der Waals surface area (Å²) in [5.74, 6) is -1.35. The molecule has 0 radical (unpaired) electrons. The van der Waals surface area contributed by atoms with Crippen molar-refractivity contribution < 1.29 is 19.2 Å². The third-order valence-corrected chi connectivity index (χ3v) is 3.63. The number of hydrogen-bond donors (Lipinski definition) is 2. The van der Waals surface area contributed by atoms with Gasteiger partial charge in [0.05, 0.1) is 29.3 Å². The molecule has 1 atom stereocenters. The second-order valence-corrected chi connectivity index (χ2v) is 4.83. The van der Waals surface area contributed by atoms with Crippen molar-refractivity contribution in [3.8, 4) is 0 Å². The number of nitrogens with one attached hydrogen (secondary N) is 1. The van der Waals surface area contributed by atoms with E-state index in [-0.39, 0.29) is 23.9 Å². The van der Waals surface area contributed by atoms with Crippen molar-refractivity contribution in [2.24, 2.45) is 0 Å². The van der Waals surface area contributed by atoms with Crippen LogP contribution in [0.1, 0.15) is 23.2 Å². The minimum absolute atomic E-state index is 0.0173. The number of benzene rings is 1. The maximum atomic E-state index is 13.6. The predicted molar refractivity (Wildman–Crippen MR) is 73.7 cm³/mol. The maximum absolute atomic E-state index is 13.6. The summed E-state index contributed by atoms with van der Waals surface area (Å²) >= 11 is 0. The van der Waals surface area contributed by atoms with Gasteiger partial charge in [-0.1, -0.05) is 0 Å². The Morgan fingerprint density at radius 3 is 2.90 bits per heavy atom. The first-order valence-corrected chi connectivity index (χ1v) is 6.57. The molecule has 114 valence electrons. The number of nitro groups is 1. The highest BCUT2D eigenvalue weighted by Gasteiger charge is 2.33. The Kier molecular flexibility index (Phi) is 4.37. The van der Waals surface area contributed by atoms with E-state index in [0.29, 0.717) is 13.0 Å². The summed E-state index contributed by atoms with van der Waals surface area (Å²) in [5.41, 5.74) is -0.727. The number of amides is 1. The Hall–Kier alpha value is -2.22. The Morgan fingerprint density at radius 1 is 1.62 bits per heavy atom. The Morgan fingerprint density at radius 2 is 2.33 bits per heavy atom. The molecular weight excluding hydrogens is 281 g/mol. The van der Waals surface area contributed by atoms with Gasteiger partial charge >= 0.3 is 0 Å². The first-order valence-electron chi connectivity index (χ1n) is 6.57.